The topological polar surface area (TPSA) is 86.8 Å². The minimum absolute atomic E-state index is 0.184. The molecule has 3 rings (SSSR count). The number of hydrogen-bond donors (Lipinski definition) is 1. The Morgan fingerprint density at radius 1 is 0.925 bits per heavy atom. The van der Waals surface area contributed by atoms with Crippen LogP contribution >= 0.6 is 34.8 Å². The van der Waals surface area contributed by atoms with E-state index in [1.54, 1.807) is 12.1 Å². The zero-order valence-electron chi connectivity index (χ0n) is 21.0. The van der Waals surface area contributed by atoms with Crippen molar-refractivity contribution in [2.75, 3.05) is 17.9 Å². The van der Waals surface area contributed by atoms with E-state index in [-0.39, 0.29) is 26.5 Å². The van der Waals surface area contributed by atoms with Gasteiger partial charge in [-0.3, -0.25) is 13.9 Å². The summed E-state index contributed by atoms with van der Waals surface area (Å²) in [5.41, 5.74) is -1.26. The Balaban J connectivity index is 2.13. The molecule has 0 aliphatic heterocycles. The van der Waals surface area contributed by atoms with E-state index in [9.17, 15) is 31.2 Å². The quantitative estimate of drug-likeness (QED) is 0.311. The number of nitrogens with zero attached hydrogens (tertiary/aromatic N) is 2. The van der Waals surface area contributed by atoms with Gasteiger partial charge in [0.2, 0.25) is 11.8 Å². The summed E-state index contributed by atoms with van der Waals surface area (Å²) >= 11 is 18.3. The van der Waals surface area contributed by atoms with Gasteiger partial charge in [-0.2, -0.15) is 13.2 Å². The van der Waals surface area contributed by atoms with Crippen molar-refractivity contribution < 1.29 is 31.2 Å². The predicted octanol–water partition coefficient (Wildman–Crippen LogP) is 6.02. The Hall–Kier alpha value is -2.99. The van der Waals surface area contributed by atoms with Crippen LogP contribution in [0.5, 0.6) is 0 Å². The number of likely N-dealkylation sites (N-methyl/N-ethyl adjacent to an activating group) is 1. The fourth-order valence-electron chi connectivity index (χ4n) is 3.74. The number of halogens is 6. The monoisotopic (exact) mass is 635 g/mol. The molecule has 40 heavy (non-hydrogen) atoms. The molecule has 7 nitrogen and oxygen atoms in total. The highest BCUT2D eigenvalue weighted by atomic mass is 35.5. The smallest absolute Gasteiger partial charge is 0.357 e. The molecule has 1 atom stereocenters. The van der Waals surface area contributed by atoms with Crippen LogP contribution in [-0.2, 0) is 32.3 Å². The molecule has 3 aromatic carbocycles. The highest BCUT2D eigenvalue weighted by molar-refractivity contribution is 7.92. The Labute approximate surface area is 244 Å². The highest BCUT2D eigenvalue weighted by Gasteiger charge is 2.36. The second kappa shape index (κ2) is 12.7. The molecule has 214 valence electrons. The molecule has 0 aliphatic carbocycles. The van der Waals surface area contributed by atoms with Crippen LogP contribution in [0.25, 0.3) is 0 Å². The van der Waals surface area contributed by atoms with Crippen molar-refractivity contribution in [1.82, 2.24) is 10.2 Å². The molecule has 1 N–H and O–H groups in total. The van der Waals surface area contributed by atoms with Gasteiger partial charge in [0, 0.05) is 13.6 Å². The van der Waals surface area contributed by atoms with Crippen LogP contribution in [0.1, 0.15) is 18.1 Å². The van der Waals surface area contributed by atoms with Gasteiger partial charge in [-0.25, -0.2) is 8.42 Å². The molecule has 0 bridgehead atoms. The average molecular weight is 637 g/mol. The van der Waals surface area contributed by atoms with Crippen molar-refractivity contribution in [3.05, 3.63) is 92.9 Å². The van der Waals surface area contributed by atoms with Gasteiger partial charge in [0.25, 0.3) is 10.0 Å². The van der Waals surface area contributed by atoms with Crippen molar-refractivity contribution in [2.24, 2.45) is 0 Å². The molecule has 0 heterocycles. The first kappa shape index (κ1) is 31.5. The Bertz CT molecular complexity index is 1510. The number of alkyl halides is 3. The molecule has 0 fully saturated rings. The summed E-state index contributed by atoms with van der Waals surface area (Å²) in [6.07, 6.45) is -4.82. The van der Waals surface area contributed by atoms with Crippen LogP contribution in [0.2, 0.25) is 15.1 Å². The van der Waals surface area contributed by atoms with Gasteiger partial charge in [0.15, 0.2) is 0 Å². The summed E-state index contributed by atoms with van der Waals surface area (Å²) in [6, 6.07) is 12.4. The lowest BCUT2D eigenvalue weighted by molar-refractivity contribution is -0.139. The Kier molecular flexibility index (Phi) is 9.99. The summed E-state index contributed by atoms with van der Waals surface area (Å²) in [4.78, 5) is 27.0. The maximum Gasteiger partial charge on any atom is 0.416 e. The Morgan fingerprint density at radius 2 is 1.55 bits per heavy atom. The number of carbonyl (C=O) groups is 2. The van der Waals surface area contributed by atoms with Crippen LogP contribution in [0.3, 0.4) is 0 Å². The van der Waals surface area contributed by atoms with Crippen LogP contribution in [0.4, 0.5) is 18.9 Å². The lowest BCUT2D eigenvalue weighted by atomic mass is 10.1. The first-order chi connectivity index (χ1) is 18.7. The molecule has 0 unspecified atom stereocenters. The second-order valence-electron chi connectivity index (χ2n) is 8.55. The molecule has 0 saturated carbocycles. The summed E-state index contributed by atoms with van der Waals surface area (Å²) in [7, 11) is -3.25. The van der Waals surface area contributed by atoms with Gasteiger partial charge in [-0.1, -0.05) is 59.1 Å². The molecule has 0 aromatic heterocycles. The van der Waals surface area contributed by atoms with Crippen molar-refractivity contribution in [3.8, 4) is 0 Å². The SMILES string of the molecule is CNC(=O)[C@@H](C)N(Cc1ccc(Cl)c(Cl)c1)C(=O)CN(c1cc(C(F)(F)F)ccc1Cl)S(=O)(=O)c1ccccc1. The summed E-state index contributed by atoms with van der Waals surface area (Å²) < 4.78 is 68.6. The first-order valence-electron chi connectivity index (χ1n) is 11.6. The second-order valence-corrected chi connectivity index (χ2v) is 11.6. The van der Waals surface area contributed by atoms with E-state index in [2.05, 4.69) is 5.32 Å². The number of anilines is 1. The maximum absolute atomic E-state index is 13.7. The van der Waals surface area contributed by atoms with Gasteiger partial charge in [0.1, 0.15) is 12.6 Å². The highest BCUT2D eigenvalue weighted by Crippen LogP contribution is 2.37. The number of hydrogen-bond acceptors (Lipinski definition) is 4. The number of benzene rings is 3. The fraction of sp³-hybridized carbons (Fsp3) is 0.231. The summed E-state index contributed by atoms with van der Waals surface area (Å²) in [5, 5.41) is 2.52. The molecule has 0 radical (unpaired) electrons. The number of amides is 2. The van der Waals surface area contributed by atoms with E-state index in [0.29, 0.717) is 22.0 Å². The van der Waals surface area contributed by atoms with Crippen molar-refractivity contribution in [3.63, 3.8) is 0 Å². The maximum atomic E-state index is 13.7. The van der Waals surface area contributed by atoms with E-state index in [4.69, 9.17) is 34.8 Å². The number of carbonyl (C=O) groups excluding carboxylic acids is 2. The van der Waals surface area contributed by atoms with E-state index >= 15 is 0 Å². The lowest BCUT2D eigenvalue weighted by Gasteiger charge is -2.32. The molecule has 2 amide bonds. The van der Waals surface area contributed by atoms with Crippen LogP contribution in [0.15, 0.2) is 71.6 Å². The van der Waals surface area contributed by atoms with E-state index in [1.165, 1.54) is 50.4 Å². The Morgan fingerprint density at radius 3 is 2.12 bits per heavy atom. The van der Waals surface area contributed by atoms with Gasteiger partial charge in [-0.15, -0.1) is 0 Å². The van der Waals surface area contributed by atoms with Gasteiger partial charge >= 0.3 is 6.18 Å². The number of sulfonamides is 1. The third-order valence-corrected chi connectivity index (χ3v) is 8.74. The van der Waals surface area contributed by atoms with Gasteiger partial charge < -0.3 is 10.2 Å². The van der Waals surface area contributed by atoms with Gasteiger partial charge in [0.05, 0.1) is 31.2 Å². The van der Waals surface area contributed by atoms with Crippen LogP contribution in [-0.4, -0.2) is 44.8 Å². The zero-order chi connectivity index (χ0) is 29.8. The number of nitrogens with one attached hydrogen (secondary N) is 1. The molecule has 3 aromatic rings. The molecular formula is C26H23Cl3F3N3O4S. The van der Waals surface area contributed by atoms with E-state index < -0.39 is 51.9 Å². The summed E-state index contributed by atoms with van der Waals surface area (Å²) in [6.45, 7) is 0.252. The van der Waals surface area contributed by atoms with Crippen molar-refractivity contribution in [1.29, 1.82) is 0 Å². The van der Waals surface area contributed by atoms with Crippen LogP contribution < -0.4 is 9.62 Å². The molecule has 14 heteroatoms. The molecule has 0 saturated heterocycles. The van der Waals surface area contributed by atoms with Crippen molar-refractivity contribution in [2.45, 2.75) is 30.6 Å². The molecular weight excluding hydrogens is 614 g/mol. The lowest BCUT2D eigenvalue weighted by Crippen LogP contribution is -2.50. The third kappa shape index (κ3) is 7.20. The largest absolute Gasteiger partial charge is 0.416 e. The first-order valence-corrected chi connectivity index (χ1v) is 14.1. The van der Waals surface area contributed by atoms with Crippen molar-refractivity contribution >= 4 is 62.3 Å². The number of rotatable bonds is 9. The van der Waals surface area contributed by atoms with Crippen LogP contribution in [0, 0.1) is 0 Å². The predicted molar refractivity (Wildman–Crippen MR) is 148 cm³/mol. The summed E-state index contributed by atoms with van der Waals surface area (Å²) in [5.74, 6) is -1.46. The molecule has 0 spiro atoms. The normalized spacial score (nSPS) is 12.5. The zero-order valence-corrected chi connectivity index (χ0v) is 24.1. The minimum atomic E-state index is -4.82. The van der Waals surface area contributed by atoms with Gasteiger partial charge in [-0.05, 0) is 55.0 Å². The third-order valence-electron chi connectivity index (χ3n) is 5.90. The fourth-order valence-corrected chi connectivity index (χ4v) is 5.78. The molecule has 0 aliphatic rings. The standard InChI is InChI=1S/C26H23Cl3F3N3O4S/c1-16(25(37)33-2)34(14-17-8-10-20(27)22(29)12-17)24(36)15-35(40(38,39)19-6-4-3-5-7-19)23-13-18(26(30,31)32)9-11-21(23)28/h3-13,16H,14-15H2,1-2H3,(H,33,37)/t16-/m1/s1. The van der Waals surface area contributed by atoms with E-state index in [0.717, 1.165) is 11.0 Å². The minimum Gasteiger partial charge on any atom is -0.357 e. The van der Waals surface area contributed by atoms with E-state index in [1.807, 2.05) is 0 Å². The average Bonchev–Trinajstić information content (AvgIpc) is 2.91.